The molecule has 0 amide bonds. The van der Waals surface area contributed by atoms with Crippen LogP contribution in [-0.2, 0) is 23.9 Å². The number of ether oxygens (including phenoxy) is 4. The van der Waals surface area contributed by atoms with Crippen LogP contribution in [0.2, 0.25) is 0 Å². The Bertz CT molecular complexity index is 964. The quantitative estimate of drug-likeness (QED) is 0.121. The molecule has 3 N–H and O–H groups in total. The Hall–Kier alpha value is -3.14. The highest BCUT2D eigenvalue weighted by molar-refractivity contribution is 5.77. The number of hydrogen-bond donors (Lipinski definition) is 2. The molecule has 10 nitrogen and oxygen atoms in total. The fourth-order valence-electron chi connectivity index (χ4n) is 4.10. The van der Waals surface area contributed by atoms with E-state index in [1.807, 2.05) is 20.8 Å². The highest BCUT2D eigenvalue weighted by Gasteiger charge is 2.36. The van der Waals surface area contributed by atoms with E-state index in [4.69, 9.17) is 24.7 Å². The van der Waals surface area contributed by atoms with Crippen molar-refractivity contribution < 1.29 is 43.2 Å². The predicted molar refractivity (Wildman–Crippen MR) is 150 cm³/mol. The van der Waals surface area contributed by atoms with Crippen LogP contribution >= 0.6 is 0 Å². The van der Waals surface area contributed by atoms with Crippen molar-refractivity contribution in [3.63, 3.8) is 0 Å². The van der Waals surface area contributed by atoms with E-state index in [0.717, 1.165) is 25.7 Å². The van der Waals surface area contributed by atoms with Gasteiger partial charge in [-0.15, -0.1) is 0 Å². The monoisotopic (exact) mass is 565 g/mol. The lowest BCUT2D eigenvalue weighted by Crippen LogP contribution is -2.42. The number of benzene rings is 1. The molecule has 5 atom stereocenters. The summed E-state index contributed by atoms with van der Waals surface area (Å²) in [5, 5.41) is 9.78. The Kier molecular flexibility index (Phi) is 15.9. The van der Waals surface area contributed by atoms with Gasteiger partial charge in [-0.05, 0) is 50.8 Å². The van der Waals surface area contributed by atoms with Gasteiger partial charge < -0.3 is 29.8 Å². The molecule has 0 aromatic heterocycles. The Morgan fingerprint density at radius 3 is 1.88 bits per heavy atom. The van der Waals surface area contributed by atoms with E-state index in [1.165, 1.54) is 12.1 Å². The van der Waals surface area contributed by atoms with E-state index in [2.05, 4.69) is 0 Å². The van der Waals surface area contributed by atoms with Crippen LogP contribution < -0.4 is 15.2 Å². The van der Waals surface area contributed by atoms with Gasteiger partial charge in [0, 0.05) is 24.7 Å². The Labute approximate surface area is 237 Å². The Morgan fingerprint density at radius 1 is 0.825 bits per heavy atom. The summed E-state index contributed by atoms with van der Waals surface area (Å²) in [4.78, 5) is 49.2. The highest BCUT2D eigenvalue weighted by atomic mass is 16.7. The van der Waals surface area contributed by atoms with Gasteiger partial charge in [0.05, 0.1) is 0 Å². The third kappa shape index (κ3) is 11.9. The minimum Gasteiger partial charge on any atom is -0.480 e. The van der Waals surface area contributed by atoms with E-state index >= 15 is 0 Å². The summed E-state index contributed by atoms with van der Waals surface area (Å²) in [6, 6.07) is 3.15. The molecule has 0 saturated carbocycles. The second-order valence-corrected chi connectivity index (χ2v) is 10.2. The average Bonchev–Trinajstić information content (AvgIpc) is 2.90. The molecule has 1 rings (SSSR count). The third-order valence-electron chi connectivity index (χ3n) is 6.90. The van der Waals surface area contributed by atoms with Crippen LogP contribution in [0.5, 0.6) is 11.5 Å². The molecule has 10 heteroatoms. The van der Waals surface area contributed by atoms with Crippen LogP contribution in [0.25, 0.3) is 0 Å². The maximum absolute atomic E-state index is 12.6. The fraction of sp³-hybridized carbons (Fsp3) is 0.667. The van der Waals surface area contributed by atoms with E-state index in [-0.39, 0.29) is 30.4 Å². The van der Waals surface area contributed by atoms with Gasteiger partial charge in [0.25, 0.3) is 0 Å². The summed E-state index contributed by atoms with van der Waals surface area (Å²) < 4.78 is 21.7. The number of carbonyl (C=O) groups is 4. The summed E-state index contributed by atoms with van der Waals surface area (Å²) in [6.45, 7) is 11.0. The minimum absolute atomic E-state index is 0.00220. The first kappa shape index (κ1) is 34.9. The summed E-state index contributed by atoms with van der Waals surface area (Å²) in [5.74, 6) is -3.57. The second kappa shape index (κ2) is 18.3. The fourth-order valence-corrected chi connectivity index (χ4v) is 4.10. The van der Waals surface area contributed by atoms with Crippen LogP contribution in [0.4, 0.5) is 4.79 Å². The van der Waals surface area contributed by atoms with Crippen molar-refractivity contribution in [1.82, 2.24) is 0 Å². The second-order valence-electron chi connectivity index (χ2n) is 10.2. The van der Waals surface area contributed by atoms with Crippen LogP contribution in [-0.4, -0.2) is 47.4 Å². The molecule has 0 spiro atoms. The van der Waals surface area contributed by atoms with Gasteiger partial charge in [-0.1, -0.05) is 59.4 Å². The van der Waals surface area contributed by atoms with E-state index in [9.17, 15) is 24.3 Å². The number of aliphatic carboxylic acids is 1. The van der Waals surface area contributed by atoms with Crippen molar-refractivity contribution in [1.29, 1.82) is 0 Å². The minimum atomic E-state index is -1.37. The summed E-state index contributed by atoms with van der Waals surface area (Å²) >= 11 is 0. The molecule has 0 radical (unpaired) electrons. The number of hydrogen-bond acceptors (Lipinski definition) is 9. The average molecular weight is 566 g/mol. The van der Waals surface area contributed by atoms with Gasteiger partial charge in [-0.3, -0.25) is 14.4 Å². The summed E-state index contributed by atoms with van der Waals surface area (Å²) in [5.41, 5.74) is 6.55. The van der Waals surface area contributed by atoms with Crippen molar-refractivity contribution in [3.8, 4) is 11.5 Å². The summed E-state index contributed by atoms with van der Waals surface area (Å²) in [6.07, 6.45) is 3.99. The van der Waals surface area contributed by atoms with Gasteiger partial charge in [-0.25, -0.2) is 4.79 Å². The van der Waals surface area contributed by atoms with Crippen LogP contribution in [0.1, 0.15) is 111 Å². The molecule has 1 aromatic rings. The van der Waals surface area contributed by atoms with Gasteiger partial charge in [0.2, 0.25) is 0 Å². The molecular weight excluding hydrogens is 518 g/mol. The first-order chi connectivity index (χ1) is 18.9. The van der Waals surface area contributed by atoms with Crippen molar-refractivity contribution in [3.05, 3.63) is 23.8 Å². The Morgan fingerprint density at radius 2 is 1.38 bits per heavy atom. The highest BCUT2D eigenvalue weighted by Crippen LogP contribution is 2.37. The van der Waals surface area contributed by atoms with Gasteiger partial charge in [0.1, 0.15) is 18.2 Å². The van der Waals surface area contributed by atoms with E-state index in [0.29, 0.717) is 24.8 Å². The predicted octanol–water partition coefficient (Wildman–Crippen LogP) is 6.13. The van der Waals surface area contributed by atoms with E-state index in [1.54, 1.807) is 26.8 Å². The number of carboxylic acid groups (broad SMARTS) is 1. The van der Waals surface area contributed by atoms with E-state index < -0.39 is 48.0 Å². The number of unbranched alkanes of at least 4 members (excludes halogenated alkanes) is 4. The lowest BCUT2D eigenvalue weighted by atomic mass is 9.79. The van der Waals surface area contributed by atoms with Gasteiger partial charge in [-0.2, -0.15) is 0 Å². The molecule has 226 valence electrons. The normalized spacial score (nSPS) is 14.8. The lowest BCUT2D eigenvalue weighted by molar-refractivity contribution is -0.140. The van der Waals surface area contributed by atoms with Gasteiger partial charge in [0.15, 0.2) is 11.5 Å². The summed E-state index contributed by atoms with van der Waals surface area (Å²) in [7, 11) is 0. The molecule has 0 fully saturated rings. The molecule has 0 aliphatic heterocycles. The van der Waals surface area contributed by atoms with Crippen molar-refractivity contribution >= 4 is 24.1 Å². The zero-order valence-electron chi connectivity index (χ0n) is 24.8. The zero-order chi connectivity index (χ0) is 30.2. The first-order valence-corrected chi connectivity index (χ1v) is 14.4. The number of carboxylic acids is 1. The maximum Gasteiger partial charge on any atom is 0.508 e. The topological polar surface area (TPSA) is 151 Å². The zero-order valence-corrected chi connectivity index (χ0v) is 24.8. The Balaban J connectivity index is 3.35. The molecule has 0 bridgehead atoms. The van der Waals surface area contributed by atoms with Crippen molar-refractivity contribution in [2.45, 2.75) is 123 Å². The van der Waals surface area contributed by atoms with Crippen LogP contribution in [0.15, 0.2) is 18.2 Å². The molecule has 4 unspecified atom stereocenters. The smallest absolute Gasteiger partial charge is 0.480 e. The molecule has 40 heavy (non-hydrogen) atoms. The number of rotatable bonds is 18. The maximum atomic E-state index is 12.6. The largest absolute Gasteiger partial charge is 0.508 e. The first-order valence-electron chi connectivity index (χ1n) is 14.4. The SMILES string of the molecule is CCCCCC(=O)Oc1ccc(C(C(C)C(C)OC(=O)OC(C)CC)[C@H](N)C(=O)O)cc1OC(=O)CCCCC. The third-order valence-corrected chi connectivity index (χ3v) is 6.90. The van der Waals surface area contributed by atoms with Crippen LogP contribution in [0.3, 0.4) is 0 Å². The molecule has 1 aromatic carbocycles. The van der Waals surface area contributed by atoms with Crippen molar-refractivity contribution in [2.24, 2.45) is 11.7 Å². The number of nitrogens with two attached hydrogens (primary N) is 1. The van der Waals surface area contributed by atoms with Crippen molar-refractivity contribution in [2.75, 3.05) is 0 Å². The molecule has 0 heterocycles. The molecule has 0 aliphatic rings. The molecule has 0 saturated heterocycles. The molecule has 0 aliphatic carbocycles. The number of esters is 2. The standard InChI is InChI=1S/C30H47NO9/c1-7-10-12-14-25(32)39-23-17-16-22(18-24(23)40-26(33)15-13-11-8-2)27(28(31)29(34)35)20(5)21(6)38-30(36)37-19(4)9-3/h16-21,27-28H,7-15,31H2,1-6H3,(H,34,35)/t19?,20?,21?,27?,28-/m0/s1. The van der Waals surface area contributed by atoms with Crippen LogP contribution in [0, 0.1) is 5.92 Å². The lowest BCUT2D eigenvalue weighted by Gasteiger charge is -2.31. The van der Waals surface area contributed by atoms with Gasteiger partial charge >= 0.3 is 24.1 Å². The number of carbonyl (C=O) groups excluding carboxylic acids is 3. The molecular formula is C30H47NO9.